The molecule has 4 aromatic rings. The number of nitrogens with zero attached hydrogens (tertiary/aromatic N) is 3. The average molecular weight is 418 g/mol. The number of sulfonamides is 1. The average Bonchev–Trinajstić information content (AvgIpc) is 3.34. The molecule has 0 saturated carbocycles. The molecule has 0 atom stereocenters. The number of thiophene rings is 1. The van der Waals surface area contributed by atoms with Gasteiger partial charge in [0.05, 0.1) is 0 Å². The van der Waals surface area contributed by atoms with Gasteiger partial charge in [-0.1, -0.05) is 35.9 Å². The van der Waals surface area contributed by atoms with E-state index in [-0.39, 0.29) is 4.21 Å². The highest BCUT2D eigenvalue weighted by Crippen LogP contribution is 2.33. The van der Waals surface area contributed by atoms with Gasteiger partial charge < -0.3 is 0 Å². The van der Waals surface area contributed by atoms with Gasteiger partial charge in [-0.15, -0.1) is 21.5 Å². The summed E-state index contributed by atoms with van der Waals surface area (Å²) in [5.41, 5.74) is 1.93. The lowest BCUT2D eigenvalue weighted by atomic mass is 10.2. The number of benzene rings is 2. The van der Waals surface area contributed by atoms with E-state index < -0.39 is 10.0 Å². The van der Waals surface area contributed by atoms with Gasteiger partial charge in [0, 0.05) is 21.2 Å². The fourth-order valence-electron chi connectivity index (χ4n) is 2.47. The van der Waals surface area contributed by atoms with E-state index in [1.807, 2.05) is 12.1 Å². The molecule has 7 nitrogen and oxygen atoms in total. The Morgan fingerprint density at radius 2 is 1.81 bits per heavy atom. The van der Waals surface area contributed by atoms with Crippen LogP contribution < -0.4 is 4.72 Å². The minimum Gasteiger partial charge on any atom is -0.279 e. The molecule has 4 rings (SSSR count). The van der Waals surface area contributed by atoms with Gasteiger partial charge in [-0.05, 0) is 47.2 Å². The number of rotatable bonds is 5. The molecule has 0 unspecified atom stereocenters. The van der Waals surface area contributed by atoms with E-state index in [1.54, 1.807) is 48.5 Å². The Morgan fingerprint density at radius 3 is 2.59 bits per heavy atom. The Labute approximate surface area is 164 Å². The van der Waals surface area contributed by atoms with Crippen LogP contribution >= 0.6 is 22.9 Å². The van der Waals surface area contributed by atoms with Gasteiger partial charge in [0.2, 0.25) is 5.82 Å². The molecule has 0 aliphatic heterocycles. The van der Waals surface area contributed by atoms with Crippen LogP contribution in [0.2, 0.25) is 5.02 Å². The second kappa shape index (κ2) is 7.10. The molecular formula is C17H12ClN5O2S2. The summed E-state index contributed by atoms with van der Waals surface area (Å²) in [7, 11) is -3.72. The number of hydrogen-bond acceptors (Lipinski definition) is 6. The molecule has 2 heterocycles. The monoisotopic (exact) mass is 417 g/mol. The number of H-pyrrole nitrogens is 1. The molecule has 2 N–H and O–H groups in total. The summed E-state index contributed by atoms with van der Waals surface area (Å²) in [6, 6.07) is 17.4. The third kappa shape index (κ3) is 3.85. The molecule has 0 saturated heterocycles. The van der Waals surface area contributed by atoms with Crippen LogP contribution in [0.1, 0.15) is 0 Å². The smallest absolute Gasteiger partial charge is 0.271 e. The third-order valence-electron chi connectivity index (χ3n) is 3.67. The first-order chi connectivity index (χ1) is 13.0. The lowest BCUT2D eigenvalue weighted by Crippen LogP contribution is -2.11. The zero-order valence-corrected chi connectivity index (χ0v) is 16.0. The van der Waals surface area contributed by atoms with Crippen LogP contribution in [0, 0.1) is 0 Å². The first-order valence-electron chi connectivity index (χ1n) is 7.74. The number of tetrazole rings is 1. The lowest BCUT2D eigenvalue weighted by Gasteiger charge is -2.07. The number of nitrogens with one attached hydrogen (secondary N) is 2. The van der Waals surface area contributed by atoms with Gasteiger partial charge >= 0.3 is 0 Å². The maximum atomic E-state index is 12.7. The van der Waals surface area contributed by atoms with Crippen LogP contribution in [0.5, 0.6) is 0 Å². The lowest BCUT2D eigenvalue weighted by molar-refractivity contribution is 0.603. The van der Waals surface area contributed by atoms with Crippen LogP contribution in [-0.2, 0) is 10.0 Å². The Hall–Kier alpha value is -2.75. The number of aromatic nitrogens is 4. The molecule has 27 heavy (non-hydrogen) atoms. The first-order valence-corrected chi connectivity index (χ1v) is 10.4. The third-order valence-corrected chi connectivity index (χ3v) is 6.92. The van der Waals surface area contributed by atoms with E-state index in [1.165, 1.54) is 11.3 Å². The highest BCUT2D eigenvalue weighted by Gasteiger charge is 2.18. The number of aromatic amines is 1. The van der Waals surface area contributed by atoms with Gasteiger partial charge in [-0.2, -0.15) is 5.21 Å². The molecule has 0 spiro atoms. The van der Waals surface area contributed by atoms with Crippen LogP contribution in [0.15, 0.2) is 64.9 Å². The highest BCUT2D eigenvalue weighted by atomic mass is 35.5. The van der Waals surface area contributed by atoms with Crippen LogP contribution in [0.3, 0.4) is 0 Å². The molecule has 0 radical (unpaired) electrons. The van der Waals surface area contributed by atoms with Crippen molar-refractivity contribution in [2.75, 3.05) is 4.72 Å². The number of halogens is 1. The SMILES string of the molecule is O=S(=O)(Nc1cccc(-c2nn[nH]n2)c1)c1ccc(-c2cccc(Cl)c2)s1. The Bertz CT molecular complexity index is 1190. The summed E-state index contributed by atoms with van der Waals surface area (Å²) in [5, 5.41) is 14.3. The van der Waals surface area contributed by atoms with Crippen LogP contribution in [-0.4, -0.2) is 29.0 Å². The zero-order valence-electron chi connectivity index (χ0n) is 13.6. The second-order valence-electron chi connectivity index (χ2n) is 5.55. The predicted octanol–water partition coefficient (Wildman–Crippen LogP) is 4.05. The van der Waals surface area contributed by atoms with Gasteiger partial charge in [-0.25, -0.2) is 8.42 Å². The minimum atomic E-state index is -3.72. The van der Waals surface area contributed by atoms with Crippen LogP contribution in [0.4, 0.5) is 5.69 Å². The summed E-state index contributed by atoms with van der Waals surface area (Å²) in [6.45, 7) is 0. The van der Waals surface area contributed by atoms with E-state index in [0.717, 1.165) is 10.4 Å². The Kier molecular flexibility index (Phi) is 4.65. The molecule has 0 aliphatic rings. The van der Waals surface area contributed by atoms with Gasteiger partial charge in [0.25, 0.3) is 10.0 Å². The summed E-state index contributed by atoms with van der Waals surface area (Å²) in [5.74, 6) is 0.385. The van der Waals surface area contributed by atoms with Crippen molar-refractivity contribution in [3.05, 3.63) is 65.7 Å². The fraction of sp³-hybridized carbons (Fsp3) is 0. The van der Waals surface area contributed by atoms with Crippen molar-refractivity contribution >= 4 is 38.6 Å². The zero-order chi connectivity index (χ0) is 18.9. The summed E-state index contributed by atoms with van der Waals surface area (Å²) < 4.78 is 28.3. The van der Waals surface area contributed by atoms with E-state index in [9.17, 15) is 8.42 Å². The van der Waals surface area contributed by atoms with Crippen molar-refractivity contribution in [3.8, 4) is 21.8 Å². The van der Waals surface area contributed by atoms with E-state index >= 15 is 0 Å². The van der Waals surface area contributed by atoms with Gasteiger partial charge in [-0.3, -0.25) is 4.72 Å². The predicted molar refractivity (Wildman–Crippen MR) is 105 cm³/mol. The Morgan fingerprint density at radius 1 is 1.00 bits per heavy atom. The maximum absolute atomic E-state index is 12.7. The molecule has 2 aromatic carbocycles. The van der Waals surface area contributed by atoms with E-state index in [0.29, 0.717) is 22.1 Å². The fourth-order valence-corrected chi connectivity index (χ4v) is 5.02. The van der Waals surface area contributed by atoms with Gasteiger partial charge in [0.1, 0.15) is 4.21 Å². The molecule has 2 aromatic heterocycles. The second-order valence-corrected chi connectivity index (χ2v) is 8.98. The standard InChI is InChI=1S/C17H12ClN5O2S2/c18-13-5-1-3-11(9-13)15-7-8-16(26-15)27(24,25)21-14-6-2-4-12(10-14)17-19-22-23-20-17/h1-10,21H,(H,19,20,22,23). The van der Waals surface area contributed by atoms with Crippen molar-refractivity contribution in [1.29, 1.82) is 0 Å². The van der Waals surface area contributed by atoms with Crippen molar-refractivity contribution in [1.82, 2.24) is 20.6 Å². The summed E-state index contributed by atoms with van der Waals surface area (Å²) in [4.78, 5) is 0.818. The van der Waals surface area contributed by atoms with Crippen molar-refractivity contribution < 1.29 is 8.42 Å². The molecule has 0 aliphatic carbocycles. The molecule has 10 heteroatoms. The quantitative estimate of drug-likeness (QED) is 0.510. The van der Waals surface area contributed by atoms with E-state index in [2.05, 4.69) is 25.3 Å². The normalized spacial score (nSPS) is 11.4. The minimum absolute atomic E-state index is 0.211. The first kappa shape index (κ1) is 17.7. The van der Waals surface area contributed by atoms with E-state index in [4.69, 9.17) is 11.6 Å². The van der Waals surface area contributed by atoms with Crippen molar-refractivity contribution in [2.24, 2.45) is 0 Å². The molecule has 0 bridgehead atoms. The van der Waals surface area contributed by atoms with Gasteiger partial charge in [0.15, 0.2) is 0 Å². The van der Waals surface area contributed by atoms with Crippen molar-refractivity contribution in [3.63, 3.8) is 0 Å². The number of hydrogen-bond donors (Lipinski definition) is 2. The molecular weight excluding hydrogens is 406 g/mol. The van der Waals surface area contributed by atoms with Crippen LogP contribution in [0.25, 0.3) is 21.8 Å². The maximum Gasteiger partial charge on any atom is 0.271 e. The van der Waals surface area contributed by atoms with Crippen molar-refractivity contribution in [2.45, 2.75) is 4.21 Å². The topological polar surface area (TPSA) is 101 Å². The molecule has 136 valence electrons. The number of anilines is 1. The largest absolute Gasteiger partial charge is 0.279 e. The highest BCUT2D eigenvalue weighted by molar-refractivity contribution is 7.94. The summed E-state index contributed by atoms with van der Waals surface area (Å²) >= 11 is 7.19. The Balaban J connectivity index is 1.60. The molecule has 0 fully saturated rings. The molecule has 0 amide bonds. The summed E-state index contributed by atoms with van der Waals surface area (Å²) in [6.07, 6.45) is 0.